The van der Waals surface area contributed by atoms with E-state index >= 15 is 0 Å². The van der Waals surface area contributed by atoms with E-state index in [4.69, 9.17) is 0 Å². The lowest BCUT2D eigenvalue weighted by molar-refractivity contribution is 0.282. The van der Waals surface area contributed by atoms with Gasteiger partial charge in [-0.25, -0.2) is 0 Å². The number of hydrogen-bond acceptors (Lipinski definition) is 1. The van der Waals surface area contributed by atoms with E-state index in [0.29, 0.717) is 16.6 Å². The minimum Gasteiger partial charge on any atom is -0.392 e. The summed E-state index contributed by atoms with van der Waals surface area (Å²) in [5, 5.41) is 9.63. The molecule has 0 radical (unpaired) electrons. The first-order valence-corrected chi connectivity index (χ1v) is 15.5. The molecule has 1 rings (SSSR count). The monoisotopic (exact) mass is 384 g/mol. The Morgan fingerprint density at radius 3 is 1.54 bits per heavy atom. The largest absolute Gasteiger partial charge is 0.392 e. The molecular weight excluding hydrogens is 348 g/mol. The van der Waals surface area contributed by atoms with Crippen LogP contribution in [0.4, 0.5) is 0 Å². The Bertz CT molecular complexity index is 710. The molecule has 0 aliphatic rings. The van der Waals surface area contributed by atoms with Crippen LogP contribution in [-0.2, 0) is 6.61 Å². The third-order valence-corrected chi connectivity index (χ3v) is 12.2. The van der Waals surface area contributed by atoms with E-state index in [0.717, 1.165) is 16.7 Å². The van der Waals surface area contributed by atoms with Crippen molar-refractivity contribution < 1.29 is 5.11 Å². The van der Waals surface area contributed by atoms with Crippen LogP contribution in [0.1, 0.15) is 58.2 Å². The first kappa shape index (κ1) is 22.8. The van der Waals surface area contributed by atoms with Gasteiger partial charge in [-0.1, -0.05) is 73.0 Å². The Morgan fingerprint density at radius 2 is 1.19 bits per heavy atom. The van der Waals surface area contributed by atoms with Gasteiger partial charge in [0.05, 0.1) is 6.61 Å². The van der Waals surface area contributed by atoms with Gasteiger partial charge in [-0.05, 0) is 40.4 Å². The summed E-state index contributed by atoms with van der Waals surface area (Å²) < 4.78 is 0. The van der Waals surface area contributed by atoms with Gasteiger partial charge in [0.15, 0.2) is 0 Å². The van der Waals surface area contributed by atoms with Crippen molar-refractivity contribution >= 4 is 16.1 Å². The SMILES string of the molecule is CC(C)[Si](C#Cc1cc(C#C[Si](C)(C)C)cc(CO)c1)(C(C)C)C(C)C. The van der Waals surface area contributed by atoms with Crippen molar-refractivity contribution in [3.8, 4) is 22.9 Å². The number of aliphatic hydroxyl groups excluding tert-OH is 1. The predicted molar refractivity (Wildman–Crippen MR) is 121 cm³/mol. The van der Waals surface area contributed by atoms with Gasteiger partial charge >= 0.3 is 0 Å². The number of rotatable bonds is 4. The maximum Gasteiger partial charge on any atom is 0.146 e. The van der Waals surface area contributed by atoms with E-state index in [1.54, 1.807) is 0 Å². The van der Waals surface area contributed by atoms with Crippen molar-refractivity contribution in [2.24, 2.45) is 0 Å². The first-order valence-electron chi connectivity index (χ1n) is 9.73. The van der Waals surface area contributed by atoms with E-state index < -0.39 is 16.1 Å². The standard InChI is InChI=1S/C23H36OSi2/c1-18(2)26(19(3)4,20(5)6)13-11-22-14-21(10-12-25(7,8)9)15-23(16-22)17-24/h14-16,18-20,24H,17H2,1-9H3. The van der Waals surface area contributed by atoms with E-state index in [2.05, 4.69) is 90.2 Å². The Labute approximate surface area is 163 Å². The molecule has 0 heterocycles. The van der Waals surface area contributed by atoms with Crippen molar-refractivity contribution in [1.29, 1.82) is 0 Å². The van der Waals surface area contributed by atoms with Gasteiger partial charge in [0, 0.05) is 11.1 Å². The molecular formula is C23H36OSi2. The van der Waals surface area contributed by atoms with Crippen LogP contribution in [0.25, 0.3) is 0 Å². The molecule has 3 heteroatoms. The van der Waals surface area contributed by atoms with Gasteiger partial charge in [0.25, 0.3) is 0 Å². The van der Waals surface area contributed by atoms with Gasteiger partial charge in [-0.15, -0.1) is 11.1 Å². The molecule has 0 spiro atoms. The lowest BCUT2D eigenvalue weighted by Gasteiger charge is -2.38. The lowest BCUT2D eigenvalue weighted by Crippen LogP contribution is -2.43. The Kier molecular flexibility index (Phi) is 7.96. The van der Waals surface area contributed by atoms with E-state index in [-0.39, 0.29) is 6.61 Å². The molecule has 0 fully saturated rings. The molecule has 0 aliphatic carbocycles. The quantitative estimate of drug-likeness (QED) is 0.500. The maximum absolute atomic E-state index is 9.63. The molecule has 0 aromatic heterocycles. The summed E-state index contributed by atoms with van der Waals surface area (Å²) in [4.78, 5) is 0. The van der Waals surface area contributed by atoms with E-state index in [1.807, 2.05) is 12.1 Å². The minimum absolute atomic E-state index is 0.0261. The number of aliphatic hydroxyl groups is 1. The van der Waals surface area contributed by atoms with Gasteiger partial charge in [0.1, 0.15) is 16.1 Å². The van der Waals surface area contributed by atoms with Gasteiger partial charge in [-0.3, -0.25) is 0 Å². The second-order valence-electron chi connectivity index (χ2n) is 9.22. The molecule has 1 N–H and O–H groups in total. The molecule has 1 aromatic rings. The maximum atomic E-state index is 9.63. The van der Waals surface area contributed by atoms with Crippen LogP contribution < -0.4 is 0 Å². The van der Waals surface area contributed by atoms with Crippen molar-refractivity contribution in [3.63, 3.8) is 0 Å². The molecule has 142 valence electrons. The first-order chi connectivity index (χ1) is 11.9. The third kappa shape index (κ3) is 5.88. The van der Waals surface area contributed by atoms with Gasteiger partial charge < -0.3 is 5.11 Å². The van der Waals surface area contributed by atoms with Gasteiger partial charge in [-0.2, -0.15) is 0 Å². The Hall–Kier alpha value is -1.27. The molecule has 26 heavy (non-hydrogen) atoms. The molecule has 0 aliphatic heterocycles. The van der Waals surface area contributed by atoms with Crippen LogP contribution in [0.5, 0.6) is 0 Å². The molecule has 0 saturated heterocycles. The summed E-state index contributed by atoms with van der Waals surface area (Å²) in [5.74, 6) is 6.80. The zero-order chi connectivity index (χ0) is 20.1. The average molecular weight is 385 g/mol. The van der Waals surface area contributed by atoms with Crippen molar-refractivity contribution in [3.05, 3.63) is 34.9 Å². The smallest absolute Gasteiger partial charge is 0.146 e. The highest BCUT2D eigenvalue weighted by molar-refractivity contribution is 6.90. The van der Waals surface area contributed by atoms with Crippen molar-refractivity contribution in [2.75, 3.05) is 0 Å². The molecule has 0 bridgehead atoms. The van der Waals surface area contributed by atoms with Crippen molar-refractivity contribution in [1.82, 2.24) is 0 Å². The fraction of sp³-hybridized carbons (Fsp3) is 0.565. The summed E-state index contributed by atoms with van der Waals surface area (Å²) in [6.45, 7) is 20.7. The summed E-state index contributed by atoms with van der Waals surface area (Å²) in [7, 11) is -3.19. The Morgan fingerprint density at radius 1 is 0.769 bits per heavy atom. The van der Waals surface area contributed by atoms with Crippen LogP contribution in [0.3, 0.4) is 0 Å². The summed E-state index contributed by atoms with van der Waals surface area (Å²) in [5.41, 5.74) is 11.9. The number of benzene rings is 1. The summed E-state index contributed by atoms with van der Waals surface area (Å²) in [6.07, 6.45) is 0. The fourth-order valence-electron chi connectivity index (χ4n) is 3.80. The van der Waals surface area contributed by atoms with Crippen LogP contribution in [-0.4, -0.2) is 21.3 Å². The molecule has 1 nitrogen and oxygen atoms in total. The lowest BCUT2D eigenvalue weighted by atomic mass is 10.1. The third-order valence-electron chi connectivity index (χ3n) is 5.05. The zero-order valence-corrected chi connectivity index (χ0v) is 20.1. The van der Waals surface area contributed by atoms with Crippen LogP contribution in [0, 0.1) is 22.9 Å². The molecule has 0 amide bonds. The van der Waals surface area contributed by atoms with E-state index in [1.165, 1.54) is 0 Å². The van der Waals surface area contributed by atoms with Crippen LogP contribution in [0.2, 0.25) is 36.3 Å². The predicted octanol–water partition coefficient (Wildman–Crippen LogP) is 5.98. The topological polar surface area (TPSA) is 20.2 Å². The fourth-order valence-corrected chi connectivity index (χ4v) is 9.55. The number of hydrogen-bond donors (Lipinski definition) is 1. The summed E-state index contributed by atoms with van der Waals surface area (Å²) in [6, 6.07) is 6.07. The molecule has 0 atom stereocenters. The molecule has 1 aromatic carbocycles. The highest BCUT2D eigenvalue weighted by atomic mass is 28.3. The highest BCUT2D eigenvalue weighted by Crippen LogP contribution is 2.40. The Balaban J connectivity index is 3.44. The van der Waals surface area contributed by atoms with Crippen LogP contribution in [0.15, 0.2) is 18.2 Å². The second-order valence-corrected chi connectivity index (χ2v) is 19.6. The minimum atomic E-state index is -1.76. The zero-order valence-electron chi connectivity index (χ0n) is 18.1. The van der Waals surface area contributed by atoms with Gasteiger partial charge in [0.2, 0.25) is 0 Å². The molecule has 0 saturated carbocycles. The van der Waals surface area contributed by atoms with Crippen molar-refractivity contribution in [2.45, 2.75) is 84.4 Å². The average Bonchev–Trinajstić information content (AvgIpc) is 2.51. The summed E-state index contributed by atoms with van der Waals surface area (Å²) >= 11 is 0. The normalized spacial score (nSPS) is 12.0. The second kappa shape index (κ2) is 9.09. The highest BCUT2D eigenvalue weighted by Gasteiger charge is 2.41. The van der Waals surface area contributed by atoms with Crippen LogP contribution >= 0.6 is 0 Å². The van der Waals surface area contributed by atoms with E-state index in [9.17, 15) is 5.11 Å². The molecule has 0 unspecified atom stereocenters.